The summed E-state index contributed by atoms with van der Waals surface area (Å²) in [5.41, 5.74) is 0. The molecule has 0 atom stereocenters. The zero-order chi connectivity index (χ0) is 12.8. The highest BCUT2D eigenvalue weighted by Gasteiger charge is 2.29. The molecule has 0 aromatic rings. The molecule has 2 aliphatic rings. The molecule has 0 heterocycles. The molecule has 2 aliphatic carbocycles. The lowest BCUT2D eigenvalue weighted by molar-refractivity contribution is 0.146. The lowest BCUT2D eigenvalue weighted by Gasteiger charge is -2.37. The third-order valence-corrected chi connectivity index (χ3v) is 5.83. The summed E-state index contributed by atoms with van der Waals surface area (Å²) in [5, 5.41) is 0. The molecule has 2 fully saturated rings. The van der Waals surface area contributed by atoms with Crippen molar-refractivity contribution in [1.82, 2.24) is 0 Å². The van der Waals surface area contributed by atoms with E-state index in [1.54, 1.807) is 38.5 Å². The molecule has 18 heavy (non-hydrogen) atoms. The van der Waals surface area contributed by atoms with Crippen molar-refractivity contribution in [2.24, 2.45) is 23.7 Å². The zero-order valence-electron chi connectivity index (χ0n) is 12.8. The van der Waals surface area contributed by atoms with Gasteiger partial charge in [0.15, 0.2) is 0 Å². The smallest absolute Gasteiger partial charge is 0.0386 e. The molecule has 0 nitrogen and oxygen atoms in total. The number of rotatable bonds is 5. The molecule has 0 saturated heterocycles. The highest BCUT2D eigenvalue weighted by molar-refractivity contribution is 4.81. The van der Waals surface area contributed by atoms with Crippen LogP contribution in [0.1, 0.15) is 90.9 Å². The Bertz CT molecular complexity index is 204. The van der Waals surface area contributed by atoms with Gasteiger partial charge in [0, 0.05) is 0 Å². The lowest BCUT2D eigenvalue weighted by atomic mass is 9.69. The second-order valence-electron chi connectivity index (χ2n) is 7.30. The Kier molecular flexibility index (Phi) is 6.05. The van der Waals surface area contributed by atoms with Crippen LogP contribution in [0.15, 0.2) is 0 Å². The van der Waals surface area contributed by atoms with E-state index in [0.29, 0.717) is 0 Å². The number of hydrogen-bond donors (Lipinski definition) is 0. The molecule has 0 aliphatic heterocycles. The minimum absolute atomic E-state index is 1.02. The first-order valence-corrected chi connectivity index (χ1v) is 8.79. The Morgan fingerprint density at radius 3 is 1.83 bits per heavy atom. The molecule has 2 rings (SSSR count). The van der Waals surface area contributed by atoms with E-state index in [0.717, 1.165) is 23.7 Å². The lowest BCUT2D eigenvalue weighted by Crippen LogP contribution is -2.25. The molecule has 106 valence electrons. The molecule has 0 N–H and O–H groups in total. The molecule has 0 unspecified atom stereocenters. The summed E-state index contributed by atoms with van der Waals surface area (Å²) in [6, 6.07) is 0. The van der Waals surface area contributed by atoms with E-state index in [4.69, 9.17) is 0 Å². The maximum atomic E-state index is 2.45. The Morgan fingerprint density at radius 2 is 1.28 bits per heavy atom. The van der Waals surface area contributed by atoms with Crippen LogP contribution in [0.5, 0.6) is 0 Å². The van der Waals surface area contributed by atoms with Crippen molar-refractivity contribution >= 4 is 0 Å². The van der Waals surface area contributed by atoms with E-state index in [2.05, 4.69) is 13.8 Å². The molecule has 2 saturated carbocycles. The predicted molar refractivity (Wildman–Crippen MR) is 80.7 cm³/mol. The third-order valence-electron chi connectivity index (χ3n) is 5.83. The normalized spacial score (nSPS) is 37.7. The van der Waals surface area contributed by atoms with Gasteiger partial charge < -0.3 is 0 Å². The Hall–Kier alpha value is 0. The fourth-order valence-corrected chi connectivity index (χ4v) is 4.39. The van der Waals surface area contributed by atoms with Crippen LogP contribution in [0.4, 0.5) is 0 Å². The van der Waals surface area contributed by atoms with Crippen LogP contribution >= 0.6 is 0 Å². The second kappa shape index (κ2) is 7.56. The van der Waals surface area contributed by atoms with Crippen molar-refractivity contribution in [2.75, 3.05) is 0 Å². The van der Waals surface area contributed by atoms with Crippen molar-refractivity contribution in [3.8, 4) is 0 Å². The summed E-state index contributed by atoms with van der Waals surface area (Å²) in [7, 11) is 0. The average Bonchev–Trinajstić information content (AvgIpc) is 2.41. The van der Waals surface area contributed by atoms with E-state index < -0.39 is 0 Å². The van der Waals surface area contributed by atoms with Crippen LogP contribution in [0.3, 0.4) is 0 Å². The first kappa shape index (κ1) is 14.4. The van der Waals surface area contributed by atoms with Crippen molar-refractivity contribution in [3.63, 3.8) is 0 Å². The van der Waals surface area contributed by atoms with Gasteiger partial charge >= 0.3 is 0 Å². The van der Waals surface area contributed by atoms with Crippen LogP contribution < -0.4 is 0 Å². The van der Waals surface area contributed by atoms with Gasteiger partial charge in [0.25, 0.3) is 0 Å². The maximum Gasteiger partial charge on any atom is -0.0386 e. The average molecular weight is 250 g/mol. The highest BCUT2D eigenvalue weighted by Crippen LogP contribution is 2.42. The summed E-state index contributed by atoms with van der Waals surface area (Å²) in [5.74, 6) is 4.33. The van der Waals surface area contributed by atoms with Crippen molar-refractivity contribution < 1.29 is 0 Å². The van der Waals surface area contributed by atoms with E-state index in [1.807, 2.05) is 0 Å². The number of hydrogen-bond acceptors (Lipinski definition) is 0. The van der Waals surface area contributed by atoms with Crippen molar-refractivity contribution in [2.45, 2.75) is 90.9 Å². The van der Waals surface area contributed by atoms with Gasteiger partial charge in [0.05, 0.1) is 0 Å². The fourth-order valence-electron chi connectivity index (χ4n) is 4.39. The maximum absolute atomic E-state index is 2.45. The highest BCUT2D eigenvalue weighted by atomic mass is 14.3. The molecule has 0 aromatic heterocycles. The third kappa shape index (κ3) is 4.28. The predicted octanol–water partition coefficient (Wildman–Crippen LogP) is 6.20. The van der Waals surface area contributed by atoms with E-state index >= 15 is 0 Å². The molecular formula is C18H34. The van der Waals surface area contributed by atoms with Crippen LogP contribution in [-0.4, -0.2) is 0 Å². The van der Waals surface area contributed by atoms with E-state index in [-0.39, 0.29) is 0 Å². The molecule has 0 heteroatoms. The van der Waals surface area contributed by atoms with Crippen molar-refractivity contribution in [1.29, 1.82) is 0 Å². The van der Waals surface area contributed by atoms with Gasteiger partial charge in [-0.05, 0) is 49.4 Å². The zero-order valence-corrected chi connectivity index (χ0v) is 12.8. The minimum atomic E-state index is 1.02. The molecule has 0 amide bonds. The summed E-state index contributed by atoms with van der Waals surface area (Å²) < 4.78 is 0. The quantitative estimate of drug-likeness (QED) is 0.510. The molecule has 0 bridgehead atoms. The van der Waals surface area contributed by atoms with Gasteiger partial charge in [-0.2, -0.15) is 0 Å². The summed E-state index contributed by atoms with van der Waals surface area (Å²) >= 11 is 0. The van der Waals surface area contributed by atoms with E-state index in [1.165, 1.54) is 38.5 Å². The summed E-state index contributed by atoms with van der Waals surface area (Å²) in [6.07, 6.45) is 18.2. The first-order chi connectivity index (χ1) is 8.79. The second-order valence-corrected chi connectivity index (χ2v) is 7.30. The van der Waals surface area contributed by atoms with Gasteiger partial charge in [-0.15, -0.1) is 0 Å². The molecule has 0 radical (unpaired) electrons. The van der Waals surface area contributed by atoms with Gasteiger partial charge in [-0.25, -0.2) is 0 Å². The van der Waals surface area contributed by atoms with Crippen LogP contribution in [0.2, 0.25) is 0 Å². The standard InChI is InChI=1S/C18H34/c1-3-4-5-6-16-9-13-18(14-10-16)17-11-7-15(2)8-12-17/h15-18H,3-14H2,1-2H3/t15-,16?,17-,18?. The Morgan fingerprint density at radius 1 is 0.722 bits per heavy atom. The van der Waals surface area contributed by atoms with Gasteiger partial charge in [0.1, 0.15) is 0 Å². The van der Waals surface area contributed by atoms with Gasteiger partial charge in [-0.1, -0.05) is 65.2 Å². The fraction of sp³-hybridized carbons (Fsp3) is 1.00. The summed E-state index contributed by atoms with van der Waals surface area (Å²) in [4.78, 5) is 0. The van der Waals surface area contributed by atoms with Crippen LogP contribution in [0, 0.1) is 23.7 Å². The van der Waals surface area contributed by atoms with Crippen LogP contribution in [0.25, 0.3) is 0 Å². The molecular weight excluding hydrogens is 216 g/mol. The SMILES string of the molecule is CCCCCC1CCC([C@H]2CC[C@H](C)CC2)CC1. The van der Waals surface area contributed by atoms with Gasteiger partial charge in [-0.3, -0.25) is 0 Å². The molecule has 0 aromatic carbocycles. The Balaban J connectivity index is 1.63. The van der Waals surface area contributed by atoms with E-state index in [9.17, 15) is 0 Å². The first-order valence-electron chi connectivity index (χ1n) is 8.79. The largest absolute Gasteiger partial charge is 0.0654 e. The van der Waals surface area contributed by atoms with Crippen molar-refractivity contribution in [3.05, 3.63) is 0 Å². The molecule has 0 spiro atoms. The topological polar surface area (TPSA) is 0 Å². The minimum Gasteiger partial charge on any atom is -0.0654 e. The number of unbranched alkanes of at least 4 members (excludes halogenated alkanes) is 2. The summed E-state index contributed by atoms with van der Waals surface area (Å²) in [6.45, 7) is 4.77. The van der Waals surface area contributed by atoms with Crippen LogP contribution in [-0.2, 0) is 0 Å². The monoisotopic (exact) mass is 250 g/mol. The van der Waals surface area contributed by atoms with Gasteiger partial charge in [0.2, 0.25) is 0 Å². The Labute approximate surface area is 115 Å².